The normalized spacial score (nSPS) is 11.2. The van der Waals surface area contributed by atoms with Gasteiger partial charge in [0.05, 0.1) is 17.5 Å². The standard InChI is InChI=1S/C16H13N5S2/c1-9-3-11(4-10(2)13(9)12-5-22-8-21-12)23-16-14-15(18-6-17-14)19-7-20-16/h3-8H,1-2H3,(H,17,18,19,20). The molecule has 3 aromatic heterocycles. The van der Waals surface area contributed by atoms with Gasteiger partial charge in [-0.2, -0.15) is 0 Å². The summed E-state index contributed by atoms with van der Waals surface area (Å²) in [5.74, 6) is 0. The smallest absolute Gasteiger partial charge is 0.181 e. The first-order chi connectivity index (χ1) is 11.2. The summed E-state index contributed by atoms with van der Waals surface area (Å²) in [4.78, 5) is 21.4. The average molecular weight is 339 g/mol. The van der Waals surface area contributed by atoms with Crippen molar-refractivity contribution in [1.82, 2.24) is 24.9 Å². The van der Waals surface area contributed by atoms with E-state index in [0.717, 1.165) is 21.1 Å². The van der Waals surface area contributed by atoms with Crippen molar-refractivity contribution in [1.29, 1.82) is 0 Å². The van der Waals surface area contributed by atoms with Crippen LogP contribution in [0.2, 0.25) is 0 Å². The molecule has 0 amide bonds. The van der Waals surface area contributed by atoms with Gasteiger partial charge in [0, 0.05) is 15.8 Å². The lowest BCUT2D eigenvalue weighted by Crippen LogP contribution is -1.91. The second-order valence-corrected chi connectivity index (χ2v) is 6.97. The quantitative estimate of drug-likeness (QED) is 0.565. The van der Waals surface area contributed by atoms with Crippen LogP contribution in [-0.4, -0.2) is 24.9 Å². The molecule has 5 nitrogen and oxygen atoms in total. The predicted octanol–water partition coefficient (Wildman–Crippen LogP) is 4.24. The minimum atomic E-state index is 0.690. The van der Waals surface area contributed by atoms with Crippen molar-refractivity contribution in [2.75, 3.05) is 0 Å². The van der Waals surface area contributed by atoms with Crippen LogP contribution >= 0.6 is 23.1 Å². The predicted molar refractivity (Wildman–Crippen MR) is 92.8 cm³/mol. The van der Waals surface area contributed by atoms with Gasteiger partial charge in [-0.05, 0) is 37.1 Å². The van der Waals surface area contributed by atoms with Crippen molar-refractivity contribution in [3.05, 3.63) is 46.8 Å². The number of thiazole rings is 1. The van der Waals surface area contributed by atoms with Crippen LogP contribution < -0.4 is 0 Å². The van der Waals surface area contributed by atoms with Gasteiger partial charge in [0.25, 0.3) is 0 Å². The van der Waals surface area contributed by atoms with Crippen LogP contribution in [0.25, 0.3) is 22.4 Å². The maximum Gasteiger partial charge on any atom is 0.181 e. The Morgan fingerprint density at radius 1 is 1.04 bits per heavy atom. The zero-order valence-electron chi connectivity index (χ0n) is 12.6. The minimum Gasteiger partial charge on any atom is -0.341 e. The molecule has 7 heteroatoms. The molecular formula is C16H13N5S2. The molecule has 0 saturated heterocycles. The number of aryl methyl sites for hydroxylation is 2. The molecule has 4 rings (SSSR count). The van der Waals surface area contributed by atoms with Crippen molar-refractivity contribution in [3.8, 4) is 11.3 Å². The van der Waals surface area contributed by atoms with Crippen molar-refractivity contribution in [2.24, 2.45) is 0 Å². The van der Waals surface area contributed by atoms with Gasteiger partial charge in [0.15, 0.2) is 5.65 Å². The van der Waals surface area contributed by atoms with Gasteiger partial charge >= 0.3 is 0 Å². The maximum atomic E-state index is 4.43. The molecule has 23 heavy (non-hydrogen) atoms. The summed E-state index contributed by atoms with van der Waals surface area (Å²) in [5.41, 5.74) is 8.12. The highest BCUT2D eigenvalue weighted by Crippen LogP contribution is 2.35. The van der Waals surface area contributed by atoms with Gasteiger partial charge < -0.3 is 4.98 Å². The summed E-state index contributed by atoms with van der Waals surface area (Å²) in [6.07, 6.45) is 3.19. The highest BCUT2D eigenvalue weighted by atomic mass is 32.2. The molecule has 0 unspecified atom stereocenters. The highest BCUT2D eigenvalue weighted by molar-refractivity contribution is 7.99. The van der Waals surface area contributed by atoms with E-state index in [1.807, 2.05) is 5.51 Å². The van der Waals surface area contributed by atoms with E-state index in [4.69, 9.17) is 0 Å². The van der Waals surface area contributed by atoms with Crippen LogP contribution in [0.3, 0.4) is 0 Å². The molecular weight excluding hydrogens is 326 g/mol. The molecule has 0 saturated carbocycles. The van der Waals surface area contributed by atoms with E-state index >= 15 is 0 Å². The van der Waals surface area contributed by atoms with E-state index in [1.54, 1.807) is 35.8 Å². The number of aromatic amines is 1. The summed E-state index contributed by atoms with van der Waals surface area (Å²) in [5, 5.41) is 2.97. The third kappa shape index (κ3) is 2.62. The lowest BCUT2D eigenvalue weighted by molar-refractivity contribution is 1.08. The van der Waals surface area contributed by atoms with E-state index in [9.17, 15) is 0 Å². The highest BCUT2D eigenvalue weighted by Gasteiger charge is 2.12. The molecule has 1 aromatic carbocycles. The van der Waals surface area contributed by atoms with Crippen LogP contribution in [0.15, 0.2) is 45.6 Å². The molecule has 4 aromatic rings. The molecule has 0 spiro atoms. The van der Waals surface area contributed by atoms with E-state index < -0.39 is 0 Å². The van der Waals surface area contributed by atoms with Gasteiger partial charge in [0.2, 0.25) is 0 Å². The number of imidazole rings is 1. The van der Waals surface area contributed by atoms with E-state index in [-0.39, 0.29) is 0 Å². The number of nitrogens with one attached hydrogen (secondary N) is 1. The fourth-order valence-electron chi connectivity index (χ4n) is 2.65. The van der Waals surface area contributed by atoms with Gasteiger partial charge in [-0.15, -0.1) is 11.3 Å². The number of H-pyrrole nitrogens is 1. The molecule has 0 atom stereocenters. The van der Waals surface area contributed by atoms with Gasteiger partial charge in [-0.1, -0.05) is 11.8 Å². The second kappa shape index (κ2) is 5.75. The van der Waals surface area contributed by atoms with E-state index in [1.165, 1.54) is 16.7 Å². The summed E-state index contributed by atoms with van der Waals surface area (Å²) in [6.45, 7) is 4.25. The maximum absolute atomic E-state index is 4.43. The van der Waals surface area contributed by atoms with Crippen LogP contribution in [0.1, 0.15) is 11.1 Å². The fraction of sp³-hybridized carbons (Fsp3) is 0.125. The Bertz CT molecular complexity index is 952. The Morgan fingerprint density at radius 2 is 1.87 bits per heavy atom. The van der Waals surface area contributed by atoms with Crippen molar-refractivity contribution < 1.29 is 0 Å². The Morgan fingerprint density at radius 3 is 2.61 bits per heavy atom. The Balaban J connectivity index is 1.75. The molecule has 114 valence electrons. The summed E-state index contributed by atoms with van der Waals surface area (Å²) in [7, 11) is 0. The molecule has 0 fully saturated rings. The second-order valence-electron chi connectivity index (χ2n) is 5.19. The van der Waals surface area contributed by atoms with Crippen molar-refractivity contribution in [2.45, 2.75) is 23.8 Å². The molecule has 3 heterocycles. The van der Waals surface area contributed by atoms with Gasteiger partial charge in [0.1, 0.15) is 16.9 Å². The molecule has 0 radical (unpaired) electrons. The van der Waals surface area contributed by atoms with Crippen molar-refractivity contribution in [3.63, 3.8) is 0 Å². The Hall–Kier alpha value is -2.25. The number of nitrogens with zero attached hydrogens (tertiary/aromatic N) is 4. The third-order valence-electron chi connectivity index (χ3n) is 3.60. The molecule has 0 aliphatic rings. The lowest BCUT2D eigenvalue weighted by Gasteiger charge is -2.10. The Kier molecular flexibility index (Phi) is 3.59. The van der Waals surface area contributed by atoms with Crippen LogP contribution in [0.4, 0.5) is 0 Å². The SMILES string of the molecule is Cc1cc(Sc2ncnc3nc[nH]c23)cc(C)c1-c1cscn1. The summed E-state index contributed by atoms with van der Waals surface area (Å²) in [6, 6.07) is 4.35. The third-order valence-corrected chi connectivity index (χ3v) is 5.16. The number of aromatic nitrogens is 5. The van der Waals surface area contributed by atoms with Crippen LogP contribution in [-0.2, 0) is 0 Å². The fourth-order valence-corrected chi connectivity index (χ4v) is 4.24. The van der Waals surface area contributed by atoms with Gasteiger partial charge in [-0.3, -0.25) is 0 Å². The molecule has 0 bridgehead atoms. The first-order valence-electron chi connectivity index (χ1n) is 7.04. The largest absolute Gasteiger partial charge is 0.341 e. The monoisotopic (exact) mass is 339 g/mol. The van der Waals surface area contributed by atoms with Gasteiger partial charge in [-0.25, -0.2) is 19.9 Å². The number of fused-ring (bicyclic) bond motifs is 1. The Labute approximate surface area is 141 Å². The average Bonchev–Trinajstić information content (AvgIpc) is 3.17. The van der Waals surface area contributed by atoms with Crippen LogP contribution in [0, 0.1) is 13.8 Å². The first kappa shape index (κ1) is 14.3. The molecule has 0 aliphatic heterocycles. The number of hydrogen-bond donors (Lipinski definition) is 1. The van der Waals surface area contributed by atoms with Crippen molar-refractivity contribution >= 4 is 34.3 Å². The zero-order valence-corrected chi connectivity index (χ0v) is 14.2. The first-order valence-corrected chi connectivity index (χ1v) is 8.80. The topological polar surface area (TPSA) is 67.3 Å². The lowest BCUT2D eigenvalue weighted by atomic mass is 10.0. The van der Waals surface area contributed by atoms with E-state index in [0.29, 0.717) is 5.65 Å². The number of benzene rings is 1. The minimum absolute atomic E-state index is 0.690. The van der Waals surface area contributed by atoms with Crippen LogP contribution in [0.5, 0.6) is 0 Å². The summed E-state index contributed by atoms with van der Waals surface area (Å²) >= 11 is 3.23. The zero-order chi connectivity index (χ0) is 15.8. The van der Waals surface area contributed by atoms with E-state index in [2.05, 4.69) is 56.3 Å². The molecule has 1 N–H and O–H groups in total. The molecule has 0 aliphatic carbocycles. The number of hydrogen-bond acceptors (Lipinski definition) is 6. The summed E-state index contributed by atoms with van der Waals surface area (Å²) < 4.78 is 0. The number of rotatable bonds is 3.